The number of carbonyl (C=O) groups is 1. The van der Waals surface area contributed by atoms with Crippen molar-refractivity contribution in [1.82, 2.24) is 19.1 Å². The lowest BCUT2D eigenvalue weighted by atomic mass is 10.5. The number of allylic oxidation sites excluding steroid dienone is 1. The Morgan fingerprint density at radius 1 is 1.14 bits per heavy atom. The van der Waals surface area contributed by atoms with Gasteiger partial charge in [0.25, 0.3) is 5.91 Å². The van der Waals surface area contributed by atoms with Gasteiger partial charge in [-0.2, -0.15) is 0 Å². The number of imidazole rings is 2. The molecule has 0 aliphatic heterocycles. The number of aromatic nitrogens is 4. The van der Waals surface area contributed by atoms with Crippen molar-refractivity contribution >= 4 is 12.1 Å². The molecule has 0 fully saturated rings. The molecule has 0 bridgehead atoms. The monoisotopic (exact) mass is 188 g/mol. The lowest BCUT2D eigenvalue weighted by Gasteiger charge is -1.93. The van der Waals surface area contributed by atoms with Crippen LogP contribution >= 0.6 is 0 Å². The topological polar surface area (TPSA) is 52.7 Å². The molecule has 0 N–H and O–H groups in total. The summed E-state index contributed by atoms with van der Waals surface area (Å²) in [5.41, 5.74) is 0. The van der Waals surface area contributed by atoms with E-state index >= 15 is 0 Å². The molecule has 2 rings (SSSR count). The Morgan fingerprint density at radius 3 is 2.57 bits per heavy atom. The van der Waals surface area contributed by atoms with E-state index in [0.29, 0.717) is 0 Å². The van der Waals surface area contributed by atoms with Gasteiger partial charge in [0.1, 0.15) is 6.33 Å². The molecular weight excluding hydrogens is 180 g/mol. The van der Waals surface area contributed by atoms with Crippen LogP contribution in [-0.2, 0) is 0 Å². The third kappa shape index (κ3) is 1.77. The van der Waals surface area contributed by atoms with Gasteiger partial charge in [0.2, 0.25) is 0 Å². The van der Waals surface area contributed by atoms with Crippen molar-refractivity contribution in [3.8, 4) is 0 Å². The van der Waals surface area contributed by atoms with Crippen molar-refractivity contribution in [3.63, 3.8) is 0 Å². The van der Waals surface area contributed by atoms with Crippen LogP contribution < -0.4 is 0 Å². The molecule has 0 aliphatic rings. The highest BCUT2D eigenvalue weighted by molar-refractivity contribution is 5.91. The summed E-state index contributed by atoms with van der Waals surface area (Å²) in [4.78, 5) is 19.0. The Hall–Kier alpha value is -2.17. The highest BCUT2D eigenvalue weighted by Gasteiger charge is 1.96. The molecule has 0 amide bonds. The molecule has 0 aromatic carbocycles. The normalized spacial score (nSPS) is 10.9. The van der Waals surface area contributed by atoms with E-state index in [1.807, 2.05) is 0 Å². The second-order valence-corrected chi connectivity index (χ2v) is 2.63. The molecule has 5 nitrogen and oxygen atoms in total. The van der Waals surface area contributed by atoms with Crippen molar-refractivity contribution in [3.05, 3.63) is 43.5 Å². The van der Waals surface area contributed by atoms with Crippen molar-refractivity contribution in [2.24, 2.45) is 0 Å². The Kier molecular flexibility index (Phi) is 2.22. The molecule has 0 unspecified atom stereocenters. The SMILES string of the molecule is O=C(/C=C/n1ccnc1)n1ccnc1. The number of rotatable bonds is 2. The summed E-state index contributed by atoms with van der Waals surface area (Å²) in [5.74, 6) is -0.142. The minimum atomic E-state index is -0.142. The third-order valence-corrected chi connectivity index (χ3v) is 1.67. The maximum Gasteiger partial charge on any atom is 0.257 e. The molecule has 14 heavy (non-hydrogen) atoms. The van der Waals surface area contributed by atoms with Crippen molar-refractivity contribution in [2.75, 3.05) is 0 Å². The summed E-state index contributed by atoms with van der Waals surface area (Å²) in [6, 6.07) is 0. The van der Waals surface area contributed by atoms with Crippen LogP contribution in [0.2, 0.25) is 0 Å². The molecule has 2 aromatic rings. The number of hydrogen-bond acceptors (Lipinski definition) is 3. The fourth-order valence-corrected chi connectivity index (χ4v) is 0.983. The highest BCUT2D eigenvalue weighted by Crippen LogP contribution is 1.91. The average molecular weight is 188 g/mol. The molecule has 0 radical (unpaired) electrons. The maximum absolute atomic E-state index is 11.4. The highest BCUT2D eigenvalue weighted by atomic mass is 16.1. The lowest BCUT2D eigenvalue weighted by Crippen LogP contribution is -2.03. The predicted octanol–water partition coefficient (Wildman–Crippen LogP) is 0.891. The van der Waals surface area contributed by atoms with E-state index in [4.69, 9.17) is 0 Å². The first-order chi connectivity index (χ1) is 6.86. The van der Waals surface area contributed by atoms with Gasteiger partial charge in [0.05, 0.1) is 6.33 Å². The molecule has 0 saturated heterocycles. The fraction of sp³-hybridized carbons (Fsp3) is 0. The minimum Gasteiger partial charge on any atom is -0.313 e. The number of nitrogens with zero attached hydrogens (tertiary/aromatic N) is 4. The molecule has 5 heteroatoms. The molecule has 0 saturated carbocycles. The zero-order valence-electron chi connectivity index (χ0n) is 7.32. The second-order valence-electron chi connectivity index (χ2n) is 2.63. The molecule has 0 aliphatic carbocycles. The van der Waals surface area contributed by atoms with E-state index in [9.17, 15) is 4.79 Å². The van der Waals surface area contributed by atoms with Gasteiger partial charge in [-0.3, -0.25) is 9.36 Å². The van der Waals surface area contributed by atoms with Crippen LogP contribution in [0.25, 0.3) is 6.20 Å². The molecular formula is C9H8N4O. The van der Waals surface area contributed by atoms with Crippen molar-refractivity contribution in [2.45, 2.75) is 0 Å². The first-order valence-corrected chi connectivity index (χ1v) is 4.04. The van der Waals surface area contributed by atoms with Crippen LogP contribution in [0.5, 0.6) is 0 Å². The van der Waals surface area contributed by atoms with E-state index in [0.717, 1.165) is 0 Å². The quantitative estimate of drug-likeness (QED) is 0.657. The summed E-state index contributed by atoms with van der Waals surface area (Å²) in [6.45, 7) is 0. The van der Waals surface area contributed by atoms with Crippen LogP contribution in [0, 0.1) is 0 Å². The van der Waals surface area contributed by atoms with E-state index in [2.05, 4.69) is 9.97 Å². The Morgan fingerprint density at radius 2 is 1.93 bits per heavy atom. The molecule has 70 valence electrons. The van der Waals surface area contributed by atoms with Crippen LogP contribution in [0.1, 0.15) is 4.79 Å². The van der Waals surface area contributed by atoms with Gasteiger partial charge in [0.15, 0.2) is 0 Å². The summed E-state index contributed by atoms with van der Waals surface area (Å²) in [6.07, 6.45) is 12.7. The Labute approximate surface area is 80.3 Å². The summed E-state index contributed by atoms with van der Waals surface area (Å²) in [5, 5.41) is 0. The van der Waals surface area contributed by atoms with Gasteiger partial charge in [-0.25, -0.2) is 9.97 Å². The van der Waals surface area contributed by atoms with Crippen LogP contribution in [0.4, 0.5) is 0 Å². The average Bonchev–Trinajstić information content (AvgIpc) is 2.87. The summed E-state index contributed by atoms with van der Waals surface area (Å²) >= 11 is 0. The molecule has 0 atom stereocenters. The van der Waals surface area contributed by atoms with Gasteiger partial charge < -0.3 is 4.57 Å². The van der Waals surface area contributed by atoms with E-state index in [1.54, 1.807) is 41.9 Å². The smallest absolute Gasteiger partial charge is 0.257 e. The second kappa shape index (κ2) is 3.69. The molecule has 2 heterocycles. The van der Waals surface area contributed by atoms with Crippen LogP contribution in [0.15, 0.2) is 43.5 Å². The van der Waals surface area contributed by atoms with Gasteiger partial charge in [-0.1, -0.05) is 0 Å². The zero-order chi connectivity index (χ0) is 9.80. The van der Waals surface area contributed by atoms with E-state index in [-0.39, 0.29) is 5.91 Å². The number of hydrogen-bond donors (Lipinski definition) is 0. The fourth-order valence-electron chi connectivity index (χ4n) is 0.983. The van der Waals surface area contributed by atoms with Gasteiger partial charge >= 0.3 is 0 Å². The van der Waals surface area contributed by atoms with E-state index in [1.165, 1.54) is 17.0 Å². The Balaban J connectivity index is 2.09. The van der Waals surface area contributed by atoms with Crippen molar-refractivity contribution < 1.29 is 4.79 Å². The lowest BCUT2D eigenvalue weighted by molar-refractivity contribution is 0.0969. The van der Waals surface area contributed by atoms with Crippen LogP contribution in [0.3, 0.4) is 0 Å². The first-order valence-electron chi connectivity index (χ1n) is 4.04. The summed E-state index contributed by atoms with van der Waals surface area (Å²) < 4.78 is 3.09. The standard InChI is InChI=1S/C9H8N4O/c14-9(13-6-3-11-8-13)1-4-12-5-2-10-7-12/h1-8H/b4-1+. The first kappa shape index (κ1) is 8.43. The van der Waals surface area contributed by atoms with Gasteiger partial charge in [-0.05, 0) is 0 Å². The molecule has 0 spiro atoms. The maximum atomic E-state index is 11.4. The third-order valence-electron chi connectivity index (χ3n) is 1.67. The molecule has 2 aromatic heterocycles. The van der Waals surface area contributed by atoms with Gasteiger partial charge in [0, 0.05) is 37.1 Å². The van der Waals surface area contributed by atoms with Gasteiger partial charge in [-0.15, -0.1) is 0 Å². The number of carbonyl (C=O) groups excluding carboxylic acids is 1. The summed E-state index contributed by atoms with van der Waals surface area (Å²) in [7, 11) is 0. The predicted molar refractivity (Wildman–Crippen MR) is 50.4 cm³/mol. The van der Waals surface area contributed by atoms with Crippen LogP contribution in [-0.4, -0.2) is 25.0 Å². The largest absolute Gasteiger partial charge is 0.313 e. The van der Waals surface area contributed by atoms with E-state index < -0.39 is 0 Å². The minimum absolute atomic E-state index is 0.142. The van der Waals surface area contributed by atoms with Crippen molar-refractivity contribution in [1.29, 1.82) is 0 Å². The Bertz CT molecular complexity index is 427. The zero-order valence-corrected chi connectivity index (χ0v) is 7.32.